The van der Waals surface area contributed by atoms with Crippen molar-refractivity contribution in [1.29, 1.82) is 0 Å². The Labute approximate surface area is 113 Å². The molecule has 1 aromatic carbocycles. The molecule has 0 saturated heterocycles. The molecule has 4 nitrogen and oxygen atoms in total. The lowest BCUT2D eigenvalue weighted by Gasteiger charge is -2.24. The quantitative estimate of drug-likeness (QED) is 0.777. The van der Waals surface area contributed by atoms with E-state index in [9.17, 15) is 9.18 Å². The first kappa shape index (κ1) is 15.4. The Hall–Kier alpha value is -1.62. The summed E-state index contributed by atoms with van der Waals surface area (Å²) in [4.78, 5) is 11.9. The number of nitrogens with one attached hydrogen (secondary N) is 1. The molecule has 0 unspecified atom stereocenters. The molecule has 19 heavy (non-hydrogen) atoms. The summed E-state index contributed by atoms with van der Waals surface area (Å²) in [7, 11) is 1.64. The number of nitrogen functional groups attached to an aromatic ring is 1. The van der Waals surface area contributed by atoms with Crippen LogP contribution in [0.2, 0.25) is 0 Å². The first-order valence-electron chi connectivity index (χ1n) is 6.17. The molecule has 1 amide bonds. The number of benzene rings is 1. The minimum absolute atomic E-state index is 0.0788. The van der Waals surface area contributed by atoms with Gasteiger partial charge in [0, 0.05) is 31.5 Å². The number of rotatable bonds is 6. The number of anilines is 1. The van der Waals surface area contributed by atoms with Crippen molar-refractivity contribution in [2.45, 2.75) is 20.3 Å². The zero-order valence-corrected chi connectivity index (χ0v) is 11.6. The van der Waals surface area contributed by atoms with Crippen molar-refractivity contribution in [3.8, 4) is 0 Å². The van der Waals surface area contributed by atoms with E-state index in [0.717, 1.165) is 6.42 Å². The molecule has 3 N–H and O–H groups in total. The van der Waals surface area contributed by atoms with Gasteiger partial charge in [-0.2, -0.15) is 0 Å². The van der Waals surface area contributed by atoms with E-state index in [1.807, 2.05) is 13.8 Å². The Balaban J connectivity index is 2.60. The minimum atomic E-state index is -0.510. The van der Waals surface area contributed by atoms with Gasteiger partial charge in [-0.1, -0.05) is 13.8 Å². The standard InChI is InChI=1S/C14H21FN2O2/c1-14(2,4-5-19-3)9-17-13(18)10-6-11(15)8-12(16)7-10/h6-8H,4-5,9,16H2,1-3H3,(H,17,18). The molecule has 0 saturated carbocycles. The van der Waals surface area contributed by atoms with E-state index in [1.165, 1.54) is 18.2 Å². The number of hydrogen-bond acceptors (Lipinski definition) is 3. The fraction of sp³-hybridized carbons (Fsp3) is 0.500. The normalized spacial score (nSPS) is 11.4. The maximum Gasteiger partial charge on any atom is 0.251 e. The lowest BCUT2D eigenvalue weighted by atomic mass is 9.89. The van der Waals surface area contributed by atoms with Gasteiger partial charge >= 0.3 is 0 Å². The summed E-state index contributed by atoms with van der Waals surface area (Å²) in [5, 5.41) is 2.79. The molecule has 0 atom stereocenters. The fourth-order valence-corrected chi connectivity index (χ4v) is 1.63. The van der Waals surface area contributed by atoms with Crippen molar-refractivity contribution in [2.24, 2.45) is 5.41 Å². The summed E-state index contributed by atoms with van der Waals surface area (Å²) < 4.78 is 18.2. The number of ether oxygens (including phenoxy) is 1. The predicted octanol–water partition coefficient (Wildman–Crippen LogP) is 2.20. The number of hydrogen-bond donors (Lipinski definition) is 2. The van der Waals surface area contributed by atoms with Crippen LogP contribution in [-0.4, -0.2) is 26.2 Å². The average Bonchev–Trinajstić information content (AvgIpc) is 2.32. The molecular formula is C14H21FN2O2. The number of halogens is 1. The van der Waals surface area contributed by atoms with Gasteiger partial charge in [-0.15, -0.1) is 0 Å². The van der Waals surface area contributed by atoms with Crippen LogP contribution in [0.5, 0.6) is 0 Å². The van der Waals surface area contributed by atoms with Crippen LogP contribution in [0.1, 0.15) is 30.6 Å². The number of carbonyl (C=O) groups is 1. The van der Waals surface area contributed by atoms with E-state index in [2.05, 4.69) is 5.32 Å². The number of methoxy groups -OCH3 is 1. The minimum Gasteiger partial charge on any atom is -0.399 e. The molecule has 0 aliphatic carbocycles. The highest BCUT2D eigenvalue weighted by molar-refractivity contribution is 5.95. The first-order chi connectivity index (χ1) is 8.84. The molecule has 0 bridgehead atoms. The summed E-state index contributed by atoms with van der Waals surface area (Å²) in [6.45, 7) is 5.19. The van der Waals surface area contributed by atoms with Gasteiger partial charge in [0.2, 0.25) is 0 Å². The van der Waals surface area contributed by atoms with Gasteiger partial charge in [-0.05, 0) is 30.0 Å². The lowest BCUT2D eigenvalue weighted by molar-refractivity contribution is 0.0920. The molecule has 106 valence electrons. The molecule has 0 radical (unpaired) electrons. The van der Waals surface area contributed by atoms with Crippen LogP contribution in [0, 0.1) is 11.2 Å². The van der Waals surface area contributed by atoms with Gasteiger partial charge in [0.1, 0.15) is 5.82 Å². The van der Waals surface area contributed by atoms with Crippen molar-refractivity contribution >= 4 is 11.6 Å². The van der Waals surface area contributed by atoms with Crippen molar-refractivity contribution in [2.75, 3.05) is 26.0 Å². The molecule has 0 spiro atoms. The number of amides is 1. The van der Waals surface area contributed by atoms with E-state index in [0.29, 0.717) is 13.2 Å². The van der Waals surface area contributed by atoms with Gasteiger partial charge in [0.15, 0.2) is 0 Å². The molecule has 1 aromatic rings. The van der Waals surface area contributed by atoms with Crippen LogP contribution in [0.3, 0.4) is 0 Å². The second kappa shape index (κ2) is 6.52. The largest absolute Gasteiger partial charge is 0.399 e. The van der Waals surface area contributed by atoms with Gasteiger partial charge in [-0.25, -0.2) is 4.39 Å². The summed E-state index contributed by atoms with van der Waals surface area (Å²) in [5.74, 6) is -0.833. The highest BCUT2D eigenvalue weighted by Crippen LogP contribution is 2.19. The maximum absolute atomic E-state index is 13.2. The molecule has 0 heterocycles. The number of nitrogens with two attached hydrogens (primary N) is 1. The van der Waals surface area contributed by atoms with Gasteiger partial charge in [-0.3, -0.25) is 4.79 Å². The van der Waals surface area contributed by atoms with Crippen molar-refractivity contribution in [3.63, 3.8) is 0 Å². The van der Waals surface area contributed by atoms with Gasteiger partial charge in [0.25, 0.3) is 5.91 Å². The molecular weight excluding hydrogens is 247 g/mol. The fourth-order valence-electron chi connectivity index (χ4n) is 1.63. The Bertz CT molecular complexity index is 427. The topological polar surface area (TPSA) is 64.3 Å². The van der Waals surface area contributed by atoms with Crippen molar-refractivity contribution in [1.82, 2.24) is 5.32 Å². The highest BCUT2D eigenvalue weighted by atomic mass is 19.1. The Morgan fingerprint density at radius 2 is 2.11 bits per heavy atom. The number of carbonyl (C=O) groups excluding carboxylic acids is 1. The van der Waals surface area contributed by atoms with E-state index in [-0.39, 0.29) is 22.6 Å². The second-order valence-electron chi connectivity index (χ2n) is 5.36. The Morgan fingerprint density at radius 3 is 2.68 bits per heavy atom. The zero-order chi connectivity index (χ0) is 14.5. The van der Waals surface area contributed by atoms with E-state index in [4.69, 9.17) is 10.5 Å². The first-order valence-corrected chi connectivity index (χ1v) is 6.17. The second-order valence-corrected chi connectivity index (χ2v) is 5.36. The molecule has 5 heteroatoms. The van der Waals surface area contributed by atoms with Crippen LogP contribution >= 0.6 is 0 Å². The maximum atomic E-state index is 13.2. The summed E-state index contributed by atoms with van der Waals surface area (Å²) in [6.07, 6.45) is 0.828. The van der Waals surface area contributed by atoms with Crippen molar-refractivity contribution < 1.29 is 13.9 Å². The van der Waals surface area contributed by atoms with Crippen LogP contribution in [-0.2, 0) is 4.74 Å². The van der Waals surface area contributed by atoms with E-state index >= 15 is 0 Å². The molecule has 0 aliphatic rings. The smallest absolute Gasteiger partial charge is 0.251 e. The van der Waals surface area contributed by atoms with Gasteiger partial charge in [0.05, 0.1) is 0 Å². The van der Waals surface area contributed by atoms with E-state index in [1.54, 1.807) is 7.11 Å². The van der Waals surface area contributed by atoms with Crippen LogP contribution in [0.25, 0.3) is 0 Å². The summed E-state index contributed by atoms with van der Waals surface area (Å²) >= 11 is 0. The van der Waals surface area contributed by atoms with Crippen molar-refractivity contribution in [3.05, 3.63) is 29.6 Å². The molecule has 0 aromatic heterocycles. The van der Waals surface area contributed by atoms with E-state index < -0.39 is 5.82 Å². The Kier molecular flexibility index (Phi) is 5.30. The van der Waals surface area contributed by atoms with Crippen LogP contribution in [0.4, 0.5) is 10.1 Å². The summed E-state index contributed by atoms with van der Waals surface area (Å²) in [6, 6.07) is 3.81. The van der Waals surface area contributed by atoms with Crippen LogP contribution in [0.15, 0.2) is 18.2 Å². The highest BCUT2D eigenvalue weighted by Gasteiger charge is 2.19. The predicted molar refractivity (Wildman–Crippen MR) is 73.4 cm³/mol. The Morgan fingerprint density at radius 1 is 1.42 bits per heavy atom. The zero-order valence-electron chi connectivity index (χ0n) is 11.6. The van der Waals surface area contributed by atoms with Gasteiger partial charge < -0.3 is 15.8 Å². The third-order valence-electron chi connectivity index (χ3n) is 2.89. The molecule has 0 fully saturated rings. The molecule has 0 aliphatic heterocycles. The third-order valence-corrected chi connectivity index (χ3v) is 2.89. The lowest BCUT2D eigenvalue weighted by Crippen LogP contribution is -2.34. The average molecular weight is 268 g/mol. The summed E-state index contributed by atoms with van der Waals surface area (Å²) in [5.41, 5.74) is 5.91. The monoisotopic (exact) mass is 268 g/mol. The third kappa shape index (κ3) is 5.26. The molecule has 1 rings (SSSR count). The van der Waals surface area contributed by atoms with Crippen LogP contribution < -0.4 is 11.1 Å². The SMILES string of the molecule is COCCC(C)(C)CNC(=O)c1cc(N)cc(F)c1.